The van der Waals surface area contributed by atoms with Crippen molar-refractivity contribution in [2.45, 2.75) is 31.9 Å². The molecule has 1 aromatic rings. The molecule has 0 heterocycles. The normalized spacial score (nSPS) is 13.4. The van der Waals surface area contributed by atoms with Gasteiger partial charge in [-0.25, -0.2) is 8.42 Å². The van der Waals surface area contributed by atoms with E-state index in [4.69, 9.17) is 4.74 Å². The van der Waals surface area contributed by atoms with Gasteiger partial charge in [0.15, 0.2) is 9.84 Å². The first-order valence-electron chi connectivity index (χ1n) is 6.85. The number of aliphatic hydroxyl groups excluding tert-OH is 1. The molecule has 1 aromatic carbocycles. The molecule has 0 bridgehead atoms. The van der Waals surface area contributed by atoms with Gasteiger partial charge in [-0.3, -0.25) is 0 Å². The van der Waals surface area contributed by atoms with E-state index in [0.29, 0.717) is 12.8 Å². The quantitative estimate of drug-likeness (QED) is 0.798. The van der Waals surface area contributed by atoms with Crippen LogP contribution in [0.5, 0.6) is 5.75 Å². The Morgan fingerprint density at radius 2 is 1.90 bits per heavy atom. The lowest BCUT2D eigenvalue weighted by Crippen LogP contribution is -2.22. The van der Waals surface area contributed by atoms with Crippen molar-refractivity contribution in [1.29, 1.82) is 0 Å². The molecule has 0 spiro atoms. The number of methoxy groups -OCH3 is 1. The first-order chi connectivity index (χ1) is 9.40. The monoisotopic (exact) mass is 300 g/mol. The van der Waals surface area contributed by atoms with E-state index < -0.39 is 9.84 Å². The molecule has 20 heavy (non-hydrogen) atoms. The van der Waals surface area contributed by atoms with Gasteiger partial charge < -0.3 is 9.84 Å². The molecule has 1 unspecified atom stereocenters. The van der Waals surface area contributed by atoms with Crippen LogP contribution >= 0.6 is 0 Å². The van der Waals surface area contributed by atoms with Crippen LogP contribution in [0.2, 0.25) is 0 Å². The topological polar surface area (TPSA) is 63.6 Å². The van der Waals surface area contributed by atoms with Gasteiger partial charge in [0.1, 0.15) is 5.75 Å². The molecule has 0 aromatic heterocycles. The maximum atomic E-state index is 11.8. The minimum Gasteiger partial charge on any atom is -0.496 e. The maximum Gasteiger partial charge on any atom is 0.152 e. The Labute approximate surface area is 121 Å². The molecule has 0 radical (unpaired) electrons. The minimum atomic E-state index is -3.05. The molecule has 0 saturated heterocycles. The summed E-state index contributed by atoms with van der Waals surface area (Å²) in [5.74, 6) is 0.822. The number of ether oxygens (including phenoxy) is 1. The van der Waals surface area contributed by atoms with Crippen molar-refractivity contribution in [3.63, 3.8) is 0 Å². The van der Waals surface area contributed by atoms with Crippen LogP contribution in [0, 0.1) is 5.92 Å². The fraction of sp³-hybridized carbons (Fsp3) is 0.600. The average molecular weight is 300 g/mol. The third-order valence-corrected chi connectivity index (χ3v) is 5.73. The predicted molar refractivity (Wildman–Crippen MR) is 80.8 cm³/mol. The summed E-state index contributed by atoms with van der Waals surface area (Å²) in [5, 5.41) is 9.08. The van der Waals surface area contributed by atoms with Crippen LogP contribution in [0.3, 0.4) is 0 Å². The summed E-state index contributed by atoms with van der Waals surface area (Å²) >= 11 is 0. The fourth-order valence-electron chi connectivity index (χ4n) is 2.01. The molecule has 1 N–H and O–H groups in total. The smallest absolute Gasteiger partial charge is 0.152 e. The Hall–Kier alpha value is -1.07. The second-order valence-corrected chi connectivity index (χ2v) is 7.95. The van der Waals surface area contributed by atoms with E-state index in [9.17, 15) is 13.5 Å². The summed E-state index contributed by atoms with van der Waals surface area (Å²) in [6, 6.07) is 7.61. The summed E-state index contributed by atoms with van der Waals surface area (Å²) < 4.78 is 28.9. The van der Waals surface area contributed by atoms with Gasteiger partial charge in [-0.15, -0.1) is 0 Å². The molecule has 4 nitrogen and oxygen atoms in total. The van der Waals surface area contributed by atoms with Crippen LogP contribution in [0.25, 0.3) is 0 Å². The third-order valence-electron chi connectivity index (χ3n) is 3.49. The molecule has 0 aliphatic heterocycles. The molecule has 0 aliphatic rings. The Morgan fingerprint density at radius 1 is 1.25 bits per heavy atom. The number of hydrogen-bond acceptors (Lipinski definition) is 4. The minimum absolute atomic E-state index is 0.0222. The van der Waals surface area contributed by atoms with E-state index in [1.807, 2.05) is 24.3 Å². The zero-order chi connectivity index (χ0) is 15.2. The second-order valence-electron chi connectivity index (χ2n) is 5.27. The summed E-state index contributed by atoms with van der Waals surface area (Å²) in [5.41, 5.74) is 0.996. The lowest BCUT2D eigenvalue weighted by molar-refractivity contribution is 0.221. The van der Waals surface area contributed by atoms with Gasteiger partial charge in [-0.1, -0.05) is 18.2 Å². The molecule has 0 amide bonds. The number of benzene rings is 1. The van der Waals surface area contributed by atoms with Crippen LogP contribution in [-0.2, 0) is 16.3 Å². The van der Waals surface area contributed by atoms with E-state index in [0.717, 1.165) is 11.3 Å². The van der Waals surface area contributed by atoms with Gasteiger partial charge in [0.2, 0.25) is 0 Å². The van der Waals surface area contributed by atoms with Crippen molar-refractivity contribution in [2.24, 2.45) is 5.92 Å². The van der Waals surface area contributed by atoms with Gasteiger partial charge in [-0.2, -0.15) is 0 Å². The number of hydrogen-bond donors (Lipinski definition) is 1. The van der Waals surface area contributed by atoms with E-state index in [1.54, 1.807) is 21.0 Å². The maximum absolute atomic E-state index is 11.8. The van der Waals surface area contributed by atoms with Crippen molar-refractivity contribution in [2.75, 3.05) is 19.5 Å². The molecular weight excluding hydrogens is 276 g/mol. The van der Waals surface area contributed by atoms with Crippen molar-refractivity contribution in [3.05, 3.63) is 29.8 Å². The van der Waals surface area contributed by atoms with Crippen LogP contribution in [-0.4, -0.2) is 38.2 Å². The van der Waals surface area contributed by atoms with Gasteiger partial charge in [-0.05, 0) is 44.2 Å². The van der Waals surface area contributed by atoms with Crippen LogP contribution < -0.4 is 4.74 Å². The molecule has 0 aliphatic carbocycles. The van der Waals surface area contributed by atoms with Crippen molar-refractivity contribution < 1.29 is 18.3 Å². The standard InChI is InChI=1S/C15H24O4S/c1-12(2)20(17,18)9-8-13(11-16)10-14-6-4-5-7-15(14)19-3/h4-7,12-13,16H,8-11H2,1-3H3. The van der Waals surface area contributed by atoms with Gasteiger partial charge >= 0.3 is 0 Å². The van der Waals surface area contributed by atoms with Crippen LogP contribution in [0.1, 0.15) is 25.8 Å². The third kappa shape index (κ3) is 4.80. The van der Waals surface area contributed by atoms with Gasteiger partial charge in [0.05, 0.1) is 18.1 Å². The highest BCUT2D eigenvalue weighted by Crippen LogP contribution is 2.22. The summed E-state index contributed by atoms with van der Waals surface area (Å²) in [7, 11) is -1.45. The SMILES string of the molecule is COc1ccccc1CC(CO)CCS(=O)(=O)C(C)C. The molecule has 114 valence electrons. The summed E-state index contributed by atoms with van der Waals surface area (Å²) in [4.78, 5) is 0. The van der Waals surface area contributed by atoms with E-state index in [1.165, 1.54) is 0 Å². The zero-order valence-electron chi connectivity index (χ0n) is 12.4. The average Bonchev–Trinajstić information content (AvgIpc) is 2.43. The molecule has 1 atom stereocenters. The van der Waals surface area contributed by atoms with E-state index >= 15 is 0 Å². The van der Waals surface area contributed by atoms with E-state index in [-0.39, 0.29) is 23.5 Å². The number of sulfone groups is 1. The van der Waals surface area contributed by atoms with Crippen LogP contribution in [0.15, 0.2) is 24.3 Å². The number of para-hydroxylation sites is 1. The number of aliphatic hydroxyl groups is 1. The zero-order valence-corrected chi connectivity index (χ0v) is 13.2. The summed E-state index contributed by atoms with van der Waals surface area (Å²) in [6.07, 6.45) is 1.09. The highest BCUT2D eigenvalue weighted by atomic mass is 32.2. The Balaban J connectivity index is 2.69. The van der Waals surface area contributed by atoms with Crippen molar-refractivity contribution >= 4 is 9.84 Å². The highest BCUT2D eigenvalue weighted by Gasteiger charge is 2.19. The lowest BCUT2D eigenvalue weighted by Gasteiger charge is -2.17. The van der Waals surface area contributed by atoms with Gasteiger partial charge in [0.25, 0.3) is 0 Å². The molecule has 1 rings (SSSR count). The first-order valence-corrected chi connectivity index (χ1v) is 8.56. The molecular formula is C15H24O4S. The fourth-order valence-corrected chi connectivity index (χ4v) is 3.14. The molecule has 0 saturated carbocycles. The lowest BCUT2D eigenvalue weighted by atomic mass is 9.97. The van der Waals surface area contributed by atoms with Crippen molar-refractivity contribution in [3.8, 4) is 5.75 Å². The second kappa shape index (κ2) is 7.64. The van der Waals surface area contributed by atoms with Crippen LogP contribution in [0.4, 0.5) is 0 Å². The predicted octanol–water partition coefficient (Wildman–Crippen LogP) is 2.06. The largest absolute Gasteiger partial charge is 0.496 e. The Bertz CT molecular complexity index is 508. The Morgan fingerprint density at radius 3 is 2.45 bits per heavy atom. The first kappa shape index (κ1) is 17.0. The van der Waals surface area contributed by atoms with E-state index in [2.05, 4.69) is 0 Å². The van der Waals surface area contributed by atoms with Crippen molar-refractivity contribution in [1.82, 2.24) is 0 Å². The highest BCUT2D eigenvalue weighted by molar-refractivity contribution is 7.91. The van der Waals surface area contributed by atoms with Gasteiger partial charge in [0, 0.05) is 6.61 Å². The molecule has 0 fully saturated rings. The Kier molecular flexibility index (Phi) is 6.49. The summed E-state index contributed by atoms with van der Waals surface area (Å²) in [6.45, 7) is 3.35. The number of rotatable bonds is 8. The molecule has 5 heteroatoms.